The zero-order valence-electron chi connectivity index (χ0n) is 10.6. The number of rotatable bonds is 2. The largest absolute Gasteiger partial charge is 0.0699 e. The normalized spacial score (nSPS) is 14.8. The van der Waals surface area contributed by atoms with Crippen LogP contribution in [0.1, 0.15) is 18.4 Å². The molecule has 1 aliphatic rings. The van der Waals surface area contributed by atoms with Gasteiger partial charge in [0.15, 0.2) is 0 Å². The monoisotopic (exact) mass is 310 g/mol. The summed E-state index contributed by atoms with van der Waals surface area (Å²) in [6.45, 7) is 0. The van der Waals surface area contributed by atoms with Crippen LogP contribution in [0, 0.1) is 0 Å². The summed E-state index contributed by atoms with van der Waals surface area (Å²) in [7, 11) is 0. The fourth-order valence-electron chi connectivity index (χ4n) is 2.40. The fourth-order valence-corrected chi connectivity index (χ4v) is 2.90. The van der Waals surface area contributed by atoms with Crippen LogP contribution in [0.15, 0.2) is 71.2 Å². The van der Waals surface area contributed by atoms with Crippen LogP contribution in [0.25, 0.3) is 16.7 Å². The highest BCUT2D eigenvalue weighted by Gasteiger charge is 2.06. The first-order valence-corrected chi connectivity index (χ1v) is 7.34. The smallest absolute Gasteiger partial charge is 0.0138 e. The average molecular weight is 311 g/mol. The van der Waals surface area contributed by atoms with Crippen LogP contribution in [-0.2, 0) is 0 Å². The molecule has 0 amide bonds. The van der Waals surface area contributed by atoms with E-state index in [-0.39, 0.29) is 0 Å². The number of hydrogen-bond donors (Lipinski definition) is 0. The summed E-state index contributed by atoms with van der Waals surface area (Å²) in [6.07, 6.45) is 6.69. The van der Waals surface area contributed by atoms with Gasteiger partial charge in [-0.15, -0.1) is 0 Å². The maximum Gasteiger partial charge on any atom is 0.0138 e. The van der Waals surface area contributed by atoms with E-state index in [4.69, 9.17) is 0 Å². The minimum absolute atomic E-state index is 1.12. The third-order valence-electron chi connectivity index (χ3n) is 3.43. The van der Waals surface area contributed by atoms with E-state index >= 15 is 0 Å². The van der Waals surface area contributed by atoms with E-state index in [1.807, 2.05) is 0 Å². The molecule has 0 atom stereocenters. The van der Waals surface area contributed by atoms with Crippen LogP contribution < -0.4 is 0 Å². The Hall–Kier alpha value is -1.60. The molecule has 94 valence electrons. The highest BCUT2D eigenvalue weighted by Crippen LogP contribution is 2.30. The topological polar surface area (TPSA) is 0 Å². The van der Waals surface area contributed by atoms with Crippen molar-refractivity contribution >= 4 is 21.5 Å². The summed E-state index contributed by atoms with van der Waals surface area (Å²) in [6, 6.07) is 19.4. The number of hydrogen-bond acceptors (Lipinski definition) is 0. The minimum Gasteiger partial charge on any atom is -0.0699 e. The predicted octanol–water partition coefficient (Wildman–Crippen LogP) is 5.81. The van der Waals surface area contributed by atoms with E-state index in [9.17, 15) is 0 Å². The maximum atomic E-state index is 3.56. The second kappa shape index (κ2) is 5.58. The van der Waals surface area contributed by atoms with Gasteiger partial charge in [-0.3, -0.25) is 0 Å². The Morgan fingerprint density at radius 2 is 1.37 bits per heavy atom. The molecule has 0 saturated heterocycles. The molecular formula is C18H15Br. The predicted molar refractivity (Wildman–Crippen MR) is 86.1 cm³/mol. The molecule has 3 rings (SSSR count). The van der Waals surface area contributed by atoms with Crippen LogP contribution in [0.3, 0.4) is 0 Å². The van der Waals surface area contributed by atoms with Crippen molar-refractivity contribution < 1.29 is 0 Å². The molecule has 2 aromatic carbocycles. The zero-order chi connectivity index (χ0) is 13.1. The number of halogens is 1. The molecule has 0 nitrogen and oxygen atoms in total. The molecule has 0 unspecified atom stereocenters. The maximum absolute atomic E-state index is 3.56. The van der Waals surface area contributed by atoms with Gasteiger partial charge in [-0.2, -0.15) is 0 Å². The van der Waals surface area contributed by atoms with Gasteiger partial charge in [0.1, 0.15) is 0 Å². The lowest BCUT2D eigenvalue weighted by Crippen LogP contribution is -1.89. The molecule has 0 saturated carbocycles. The van der Waals surface area contributed by atoms with Crippen molar-refractivity contribution in [3.8, 4) is 11.1 Å². The molecule has 0 bridgehead atoms. The van der Waals surface area contributed by atoms with E-state index in [0.29, 0.717) is 0 Å². The Bertz CT molecular complexity index is 618. The molecule has 0 aliphatic heterocycles. The van der Waals surface area contributed by atoms with Crippen molar-refractivity contribution in [1.29, 1.82) is 0 Å². The SMILES string of the molecule is BrC1=CCCC(c2ccc(-c3ccccc3)cc2)=C1. The van der Waals surface area contributed by atoms with E-state index in [1.54, 1.807) is 0 Å². The summed E-state index contributed by atoms with van der Waals surface area (Å²) < 4.78 is 1.20. The molecule has 2 aromatic rings. The van der Waals surface area contributed by atoms with Gasteiger partial charge >= 0.3 is 0 Å². The zero-order valence-corrected chi connectivity index (χ0v) is 12.2. The molecule has 1 heteroatoms. The van der Waals surface area contributed by atoms with Crippen molar-refractivity contribution in [3.63, 3.8) is 0 Å². The third kappa shape index (κ3) is 2.87. The highest BCUT2D eigenvalue weighted by atomic mass is 79.9. The Kier molecular flexibility index (Phi) is 3.65. The van der Waals surface area contributed by atoms with Crippen LogP contribution in [0.4, 0.5) is 0 Å². The van der Waals surface area contributed by atoms with Crippen molar-refractivity contribution in [1.82, 2.24) is 0 Å². The van der Waals surface area contributed by atoms with Gasteiger partial charge in [-0.1, -0.05) is 76.6 Å². The molecule has 0 heterocycles. The Balaban J connectivity index is 1.90. The minimum atomic E-state index is 1.12. The van der Waals surface area contributed by atoms with Crippen LogP contribution >= 0.6 is 15.9 Å². The molecule has 0 spiro atoms. The third-order valence-corrected chi connectivity index (χ3v) is 3.98. The lowest BCUT2D eigenvalue weighted by atomic mass is 9.95. The quantitative estimate of drug-likeness (QED) is 0.656. The molecule has 1 aliphatic carbocycles. The second-order valence-electron chi connectivity index (χ2n) is 4.74. The highest BCUT2D eigenvalue weighted by molar-refractivity contribution is 9.11. The number of allylic oxidation sites excluding steroid dienone is 4. The second-order valence-corrected chi connectivity index (χ2v) is 5.66. The van der Waals surface area contributed by atoms with Crippen molar-refractivity contribution in [2.75, 3.05) is 0 Å². The van der Waals surface area contributed by atoms with Crippen LogP contribution in [-0.4, -0.2) is 0 Å². The fraction of sp³-hybridized carbons (Fsp3) is 0.111. The Morgan fingerprint density at radius 1 is 0.737 bits per heavy atom. The summed E-state index contributed by atoms with van der Waals surface area (Å²) in [5.41, 5.74) is 5.28. The summed E-state index contributed by atoms with van der Waals surface area (Å²) in [5, 5.41) is 0. The average Bonchev–Trinajstić information content (AvgIpc) is 2.48. The molecule has 0 N–H and O–H groups in total. The van der Waals surface area contributed by atoms with Gasteiger partial charge < -0.3 is 0 Å². The van der Waals surface area contributed by atoms with Crippen LogP contribution in [0.5, 0.6) is 0 Å². The lowest BCUT2D eigenvalue weighted by molar-refractivity contribution is 1.05. The van der Waals surface area contributed by atoms with Crippen molar-refractivity contribution in [3.05, 3.63) is 76.8 Å². The van der Waals surface area contributed by atoms with Gasteiger partial charge in [0.25, 0.3) is 0 Å². The standard InChI is InChI=1S/C18H15Br/c19-18-8-4-7-17(13-18)16-11-9-15(10-12-16)14-5-2-1-3-6-14/h1-3,5-6,8-13H,4,7H2. The first-order valence-electron chi connectivity index (χ1n) is 6.55. The first-order chi connectivity index (χ1) is 9.33. The molecular weight excluding hydrogens is 296 g/mol. The van der Waals surface area contributed by atoms with Gasteiger partial charge in [-0.05, 0) is 41.2 Å². The lowest BCUT2D eigenvalue weighted by Gasteiger charge is -2.12. The summed E-state index contributed by atoms with van der Waals surface area (Å²) in [5.74, 6) is 0. The van der Waals surface area contributed by atoms with Crippen molar-refractivity contribution in [2.45, 2.75) is 12.8 Å². The molecule has 0 fully saturated rings. The van der Waals surface area contributed by atoms with E-state index in [0.717, 1.165) is 12.8 Å². The van der Waals surface area contributed by atoms with E-state index in [2.05, 4.69) is 82.7 Å². The Labute approximate surface area is 122 Å². The van der Waals surface area contributed by atoms with Crippen LogP contribution in [0.2, 0.25) is 0 Å². The van der Waals surface area contributed by atoms with Gasteiger partial charge in [0.05, 0.1) is 0 Å². The van der Waals surface area contributed by atoms with E-state index in [1.165, 1.54) is 26.7 Å². The molecule has 0 aromatic heterocycles. The Morgan fingerprint density at radius 3 is 2.05 bits per heavy atom. The van der Waals surface area contributed by atoms with Gasteiger partial charge in [-0.25, -0.2) is 0 Å². The van der Waals surface area contributed by atoms with Crippen molar-refractivity contribution in [2.24, 2.45) is 0 Å². The van der Waals surface area contributed by atoms with Gasteiger partial charge in [0.2, 0.25) is 0 Å². The number of benzene rings is 2. The van der Waals surface area contributed by atoms with Gasteiger partial charge in [0, 0.05) is 4.48 Å². The molecule has 19 heavy (non-hydrogen) atoms. The van der Waals surface area contributed by atoms with E-state index < -0.39 is 0 Å². The first kappa shape index (κ1) is 12.4. The summed E-state index contributed by atoms with van der Waals surface area (Å²) in [4.78, 5) is 0. The molecule has 0 radical (unpaired) electrons. The summed E-state index contributed by atoms with van der Waals surface area (Å²) >= 11 is 3.56.